The molecule has 1 unspecified atom stereocenters. The minimum absolute atomic E-state index is 0.0416. The van der Waals surface area contributed by atoms with Gasteiger partial charge in [-0.05, 0) is 6.92 Å². The van der Waals surface area contributed by atoms with Crippen molar-refractivity contribution >= 4 is 10.2 Å². The molecule has 2 N–H and O–H groups in total. The number of alkyl halides is 3. The smallest absolute Gasteiger partial charge is 0.203 e. The molecule has 0 saturated heterocycles. The quantitative estimate of drug-likeness (QED) is 0.719. The molecular weight excluding hydrogens is 209 g/mol. The first-order chi connectivity index (χ1) is 5.69. The lowest BCUT2D eigenvalue weighted by atomic mass is 10.4. The molecule has 0 saturated carbocycles. The molecule has 4 nitrogen and oxygen atoms in total. The van der Waals surface area contributed by atoms with Crippen molar-refractivity contribution in [2.24, 2.45) is 0 Å². The maximum absolute atomic E-state index is 11.9. The molecule has 0 aromatic heterocycles. The summed E-state index contributed by atoms with van der Waals surface area (Å²) in [5.74, 6) is 0. The molecule has 0 aliphatic carbocycles. The van der Waals surface area contributed by atoms with E-state index in [1.807, 2.05) is 4.72 Å². The van der Waals surface area contributed by atoms with Crippen LogP contribution in [0.4, 0.5) is 13.2 Å². The van der Waals surface area contributed by atoms with Crippen LogP contribution in [0, 0.1) is 0 Å². The van der Waals surface area contributed by atoms with E-state index >= 15 is 0 Å². The topological polar surface area (TPSA) is 58.2 Å². The number of hydrogen-bond donors (Lipinski definition) is 2. The van der Waals surface area contributed by atoms with Gasteiger partial charge in [0.15, 0.2) is 0 Å². The van der Waals surface area contributed by atoms with E-state index in [0.717, 1.165) is 6.92 Å². The van der Waals surface area contributed by atoms with Gasteiger partial charge < -0.3 is 0 Å². The van der Waals surface area contributed by atoms with Gasteiger partial charge in [-0.25, -0.2) is 4.72 Å². The van der Waals surface area contributed by atoms with E-state index in [1.54, 1.807) is 0 Å². The lowest BCUT2D eigenvalue weighted by Crippen LogP contribution is -2.47. The van der Waals surface area contributed by atoms with Crippen LogP contribution in [0.1, 0.15) is 13.8 Å². The molecule has 0 aromatic carbocycles. The summed E-state index contributed by atoms with van der Waals surface area (Å²) in [7, 11) is -4.03. The van der Waals surface area contributed by atoms with Gasteiger partial charge in [-0.15, -0.1) is 0 Å². The van der Waals surface area contributed by atoms with Crippen LogP contribution in [0.2, 0.25) is 0 Å². The van der Waals surface area contributed by atoms with Crippen LogP contribution in [0.15, 0.2) is 0 Å². The highest BCUT2D eigenvalue weighted by Gasteiger charge is 2.38. The molecule has 0 heterocycles. The first kappa shape index (κ1) is 12.7. The summed E-state index contributed by atoms with van der Waals surface area (Å²) in [6.07, 6.45) is -4.57. The predicted molar refractivity (Wildman–Crippen MR) is 41.2 cm³/mol. The maximum atomic E-state index is 11.9. The van der Waals surface area contributed by atoms with Crippen molar-refractivity contribution < 1.29 is 21.6 Å². The summed E-state index contributed by atoms with van der Waals surface area (Å²) in [6.45, 7) is 2.24. The zero-order valence-corrected chi connectivity index (χ0v) is 7.96. The van der Waals surface area contributed by atoms with Gasteiger partial charge in [0, 0.05) is 6.54 Å². The fourth-order valence-corrected chi connectivity index (χ4v) is 1.59. The molecule has 0 bridgehead atoms. The Labute approximate surface area is 74.7 Å². The van der Waals surface area contributed by atoms with E-state index in [1.165, 1.54) is 11.6 Å². The Morgan fingerprint density at radius 3 is 2.15 bits per heavy atom. The van der Waals surface area contributed by atoms with E-state index < -0.39 is 22.4 Å². The van der Waals surface area contributed by atoms with Crippen molar-refractivity contribution in [3.8, 4) is 0 Å². The van der Waals surface area contributed by atoms with Crippen molar-refractivity contribution in [1.29, 1.82) is 0 Å². The molecule has 0 aliphatic heterocycles. The van der Waals surface area contributed by atoms with Crippen LogP contribution in [0.5, 0.6) is 0 Å². The molecule has 80 valence electrons. The van der Waals surface area contributed by atoms with Gasteiger partial charge in [-0.1, -0.05) is 6.92 Å². The molecule has 0 amide bonds. The number of rotatable bonds is 4. The van der Waals surface area contributed by atoms with E-state index in [4.69, 9.17) is 0 Å². The third kappa shape index (κ3) is 5.06. The fourth-order valence-electron chi connectivity index (χ4n) is 0.531. The molecule has 8 heteroatoms. The molecular formula is C5H11F3N2O2S. The molecule has 1 atom stereocenters. The highest BCUT2D eigenvalue weighted by Crippen LogP contribution is 2.19. The Morgan fingerprint density at radius 2 is 1.85 bits per heavy atom. The van der Waals surface area contributed by atoms with Gasteiger partial charge >= 0.3 is 6.18 Å². The minimum Gasteiger partial charge on any atom is -0.203 e. The van der Waals surface area contributed by atoms with Gasteiger partial charge in [0.05, 0.1) is 0 Å². The number of halogens is 3. The molecule has 13 heavy (non-hydrogen) atoms. The van der Waals surface area contributed by atoms with Crippen LogP contribution < -0.4 is 9.44 Å². The SMILES string of the molecule is CCNS(=O)(=O)NC(C)C(F)(F)F. The first-order valence-corrected chi connectivity index (χ1v) is 5.01. The second-order valence-electron chi connectivity index (χ2n) is 2.38. The van der Waals surface area contributed by atoms with Crippen molar-refractivity contribution in [1.82, 2.24) is 9.44 Å². The average Bonchev–Trinajstić information content (AvgIpc) is 1.83. The minimum atomic E-state index is -4.57. The highest BCUT2D eigenvalue weighted by atomic mass is 32.2. The summed E-state index contributed by atoms with van der Waals surface area (Å²) in [5.41, 5.74) is 0. The van der Waals surface area contributed by atoms with Gasteiger partial charge in [-0.2, -0.15) is 26.3 Å². The maximum Gasteiger partial charge on any atom is 0.404 e. The summed E-state index contributed by atoms with van der Waals surface area (Å²) in [6, 6.07) is -2.09. The summed E-state index contributed by atoms with van der Waals surface area (Å²) in [5, 5.41) is 0. The van der Waals surface area contributed by atoms with Crippen molar-refractivity contribution in [2.75, 3.05) is 6.54 Å². The second-order valence-corrected chi connectivity index (χ2v) is 3.91. The van der Waals surface area contributed by atoms with Crippen LogP contribution in [-0.4, -0.2) is 27.2 Å². The number of nitrogens with one attached hydrogen (secondary N) is 2. The largest absolute Gasteiger partial charge is 0.404 e. The van der Waals surface area contributed by atoms with Crippen LogP contribution in [-0.2, 0) is 10.2 Å². The van der Waals surface area contributed by atoms with Crippen molar-refractivity contribution in [2.45, 2.75) is 26.1 Å². The number of hydrogen-bond acceptors (Lipinski definition) is 2. The summed E-state index contributed by atoms with van der Waals surface area (Å²) >= 11 is 0. The van der Waals surface area contributed by atoms with Gasteiger partial charge in [0.25, 0.3) is 10.2 Å². The molecule has 0 aromatic rings. The molecule has 0 fully saturated rings. The van der Waals surface area contributed by atoms with E-state index in [-0.39, 0.29) is 6.54 Å². The van der Waals surface area contributed by atoms with Crippen LogP contribution >= 0.6 is 0 Å². The average molecular weight is 220 g/mol. The standard InChI is InChI=1S/C5H11F3N2O2S/c1-3-9-13(11,12)10-4(2)5(6,7)8/h4,9-10H,3H2,1-2H3. The van der Waals surface area contributed by atoms with E-state index in [9.17, 15) is 21.6 Å². The van der Waals surface area contributed by atoms with Crippen molar-refractivity contribution in [3.63, 3.8) is 0 Å². The summed E-state index contributed by atoms with van der Waals surface area (Å²) < 4.78 is 60.4. The molecule has 0 aliphatic rings. The Morgan fingerprint density at radius 1 is 1.38 bits per heavy atom. The van der Waals surface area contributed by atoms with Crippen LogP contribution in [0.25, 0.3) is 0 Å². The Balaban J connectivity index is 4.29. The monoisotopic (exact) mass is 220 g/mol. The molecule has 0 rings (SSSR count). The van der Waals surface area contributed by atoms with E-state index in [0.29, 0.717) is 0 Å². The predicted octanol–water partition coefficient (Wildman–Crippen LogP) is 0.381. The zero-order valence-electron chi connectivity index (χ0n) is 7.14. The summed E-state index contributed by atoms with van der Waals surface area (Å²) in [4.78, 5) is 0. The first-order valence-electron chi connectivity index (χ1n) is 3.52. The highest BCUT2D eigenvalue weighted by molar-refractivity contribution is 7.87. The molecule has 0 radical (unpaired) electrons. The van der Waals surface area contributed by atoms with E-state index in [2.05, 4.69) is 0 Å². The zero-order chi connectivity index (χ0) is 10.7. The third-order valence-electron chi connectivity index (χ3n) is 1.16. The normalized spacial score (nSPS) is 15.8. The third-order valence-corrected chi connectivity index (χ3v) is 2.49. The Hall–Kier alpha value is -0.340. The Kier molecular flexibility index (Phi) is 4.14. The second kappa shape index (κ2) is 4.25. The van der Waals surface area contributed by atoms with Gasteiger partial charge in [-0.3, -0.25) is 0 Å². The Bertz CT molecular complexity index is 249. The lowest BCUT2D eigenvalue weighted by molar-refractivity contribution is -0.147. The molecule has 0 spiro atoms. The fraction of sp³-hybridized carbons (Fsp3) is 1.00. The van der Waals surface area contributed by atoms with Gasteiger partial charge in [0.2, 0.25) is 0 Å². The van der Waals surface area contributed by atoms with Gasteiger partial charge in [0.1, 0.15) is 6.04 Å². The lowest BCUT2D eigenvalue weighted by Gasteiger charge is -2.16. The van der Waals surface area contributed by atoms with Crippen molar-refractivity contribution in [3.05, 3.63) is 0 Å². The van der Waals surface area contributed by atoms with Crippen LogP contribution in [0.3, 0.4) is 0 Å².